The van der Waals surface area contributed by atoms with Crippen LogP contribution in [-0.2, 0) is 15.9 Å². The summed E-state index contributed by atoms with van der Waals surface area (Å²) in [6.07, 6.45) is 1.16. The zero-order valence-corrected chi connectivity index (χ0v) is 8.12. The van der Waals surface area contributed by atoms with Crippen molar-refractivity contribution >= 4 is 11.7 Å². The molecule has 0 amide bonds. The summed E-state index contributed by atoms with van der Waals surface area (Å²) in [7, 11) is 0. The van der Waals surface area contributed by atoms with E-state index in [0.717, 1.165) is 12.2 Å². The third kappa shape index (κ3) is 2.74. The van der Waals surface area contributed by atoms with Gasteiger partial charge in [-0.05, 0) is 5.92 Å². The van der Waals surface area contributed by atoms with Crippen LogP contribution in [0.15, 0.2) is 0 Å². The van der Waals surface area contributed by atoms with Gasteiger partial charge in [0.2, 0.25) is 5.75 Å². The van der Waals surface area contributed by atoms with E-state index in [4.69, 9.17) is 0 Å². The first-order valence-electron chi connectivity index (χ1n) is 3.79. The highest BCUT2D eigenvalue weighted by Gasteiger charge is 2.30. The molecule has 0 saturated carbocycles. The van der Waals surface area contributed by atoms with Crippen molar-refractivity contribution in [1.82, 2.24) is 0 Å². The highest BCUT2D eigenvalue weighted by atomic mass is 32.1. The van der Waals surface area contributed by atoms with Crippen LogP contribution in [0.25, 0.3) is 0 Å². The van der Waals surface area contributed by atoms with Gasteiger partial charge in [0, 0.05) is 9.62 Å². The topological polar surface area (TPSA) is 17.1 Å². The van der Waals surface area contributed by atoms with Crippen molar-refractivity contribution in [2.75, 3.05) is 5.75 Å². The lowest BCUT2D eigenvalue weighted by molar-refractivity contribution is 0.260. The van der Waals surface area contributed by atoms with Crippen LogP contribution < -0.4 is 0 Å². The van der Waals surface area contributed by atoms with E-state index in [1.54, 1.807) is 0 Å². The van der Waals surface area contributed by atoms with E-state index in [1.807, 2.05) is 0 Å². The summed E-state index contributed by atoms with van der Waals surface area (Å²) in [6, 6.07) is 0. The van der Waals surface area contributed by atoms with Gasteiger partial charge in [0.15, 0.2) is 0 Å². The van der Waals surface area contributed by atoms with Gasteiger partial charge in [0.05, 0.1) is 0 Å². The van der Waals surface area contributed by atoms with E-state index >= 15 is 0 Å². The van der Waals surface area contributed by atoms with Gasteiger partial charge in [-0.15, -0.1) is 0 Å². The molecule has 1 atom stereocenters. The highest BCUT2D eigenvalue weighted by Crippen LogP contribution is 2.28. The molecule has 0 saturated heterocycles. The average Bonchev–Trinajstić information content (AvgIpc) is 1.86. The van der Waals surface area contributed by atoms with Gasteiger partial charge < -0.3 is 0 Å². The Labute approximate surface area is 67.7 Å². The predicted molar refractivity (Wildman–Crippen MR) is 46.2 cm³/mol. The molecule has 0 spiro atoms. The molecule has 0 bridgehead atoms. The second kappa shape index (κ2) is 4.02. The zero-order chi connectivity index (χ0) is 8.20. The van der Waals surface area contributed by atoms with Gasteiger partial charge in [-0.3, -0.25) is 0 Å². The van der Waals surface area contributed by atoms with E-state index < -0.39 is 0 Å². The van der Waals surface area contributed by atoms with Crippen LogP contribution >= 0.6 is 0 Å². The summed E-state index contributed by atoms with van der Waals surface area (Å²) in [6.45, 7) is 8.69. The normalized spacial score (nSPS) is 14.8. The molecule has 2 heteroatoms. The molecule has 0 radical (unpaired) electrons. The van der Waals surface area contributed by atoms with Crippen molar-refractivity contribution in [2.24, 2.45) is 11.3 Å². The standard InChI is InChI=1S/C8H17OS/c1-5-7(2)8(3,4)6-10-9/h7H,5-6H2,1-4H3/q+1. The molecular formula is C8H17OS+. The summed E-state index contributed by atoms with van der Waals surface area (Å²) in [4.78, 5) is 0. The quantitative estimate of drug-likeness (QED) is 0.579. The number of hydrogen-bond acceptors (Lipinski definition) is 1. The van der Waals surface area contributed by atoms with E-state index in [0.29, 0.717) is 17.6 Å². The Morgan fingerprint density at radius 1 is 1.50 bits per heavy atom. The molecule has 60 valence electrons. The third-order valence-electron chi connectivity index (χ3n) is 2.38. The Morgan fingerprint density at radius 3 is 2.30 bits per heavy atom. The van der Waals surface area contributed by atoms with E-state index in [2.05, 4.69) is 27.7 Å². The van der Waals surface area contributed by atoms with Crippen molar-refractivity contribution in [3.05, 3.63) is 0 Å². The molecule has 0 aromatic heterocycles. The molecule has 0 aliphatic heterocycles. The van der Waals surface area contributed by atoms with Gasteiger partial charge in [-0.1, -0.05) is 34.1 Å². The van der Waals surface area contributed by atoms with Crippen LogP contribution in [0.4, 0.5) is 0 Å². The van der Waals surface area contributed by atoms with Gasteiger partial charge in [-0.25, -0.2) is 0 Å². The van der Waals surface area contributed by atoms with Crippen LogP contribution in [0.2, 0.25) is 0 Å². The molecular weight excluding hydrogens is 144 g/mol. The largest absolute Gasteiger partial charge is 0.459 e. The Morgan fingerprint density at radius 2 is 2.00 bits per heavy atom. The molecule has 0 rings (SSSR count). The minimum atomic E-state index is 0.209. The Kier molecular flexibility index (Phi) is 4.02. The molecule has 0 fully saturated rings. The minimum absolute atomic E-state index is 0.209. The van der Waals surface area contributed by atoms with E-state index in [-0.39, 0.29) is 5.41 Å². The summed E-state index contributed by atoms with van der Waals surface area (Å²) in [5, 5.41) is 0. The van der Waals surface area contributed by atoms with E-state index in [1.165, 1.54) is 0 Å². The van der Waals surface area contributed by atoms with Crippen molar-refractivity contribution in [3.63, 3.8) is 0 Å². The second-order valence-electron chi connectivity index (χ2n) is 3.56. The first-order valence-corrected chi connectivity index (χ1v) is 4.70. The van der Waals surface area contributed by atoms with Crippen molar-refractivity contribution in [1.29, 1.82) is 0 Å². The fourth-order valence-corrected chi connectivity index (χ4v) is 1.43. The maximum atomic E-state index is 10.3. The molecule has 0 heterocycles. The first-order chi connectivity index (χ1) is 4.54. The van der Waals surface area contributed by atoms with Gasteiger partial charge in [-0.2, -0.15) is 0 Å². The Bertz CT molecular complexity index is 110. The van der Waals surface area contributed by atoms with Crippen LogP contribution in [0.1, 0.15) is 34.1 Å². The molecule has 0 aromatic rings. The Hall–Kier alpha value is 0.0200. The summed E-state index contributed by atoms with van der Waals surface area (Å²) < 4.78 is 10.3. The van der Waals surface area contributed by atoms with Gasteiger partial charge in [0.1, 0.15) is 0 Å². The summed E-state index contributed by atoms with van der Waals surface area (Å²) in [5.74, 6) is 1.37. The fraction of sp³-hybridized carbons (Fsp3) is 1.00. The van der Waals surface area contributed by atoms with Gasteiger partial charge >= 0.3 is 11.7 Å². The first kappa shape index (κ1) is 10.0. The lowest BCUT2D eigenvalue weighted by Crippen LogP contribution is -2.24. The van der Waals surface area contributed by atoms with Crippen LogP contribution in [-0.4, -0.2) is 5.75 Å². The molecule has 0 aliphatic rings. The number of rotatable bonds is 4. The van der Waals surface area contributed by atoms with Crippen LogP contribution in [0.3, 0.4) is 0 Å². The third-order valence-corrected chi connectivity index (χ3v) is 3.24. The van der Waals surface area contributed by atoms with E-state index in [9.17, 15) is 4.21 Å². The SMILES string of the molecule is CCC(C)C(C)(C)C[S+]=O. The average molecular weight is 161 g/mol. The molecule has 0 aromatic carbocycles. The monoisotopic (exact) mass is 161 g/mol. The van der Waals surface area contributed by atoms with Crippen molar-refractivity contribution in [3.8, 4) is 0 Å². The maximum Gasteiger partial charge on any atom is 0.459 e. The molecule has 10 heavy (non-hydrogen) atoms. The van der Waals surface area contributed by atoms with Crippen LogP contribution in [0.5, 0.6) is 0 Å². The summed E-state index contributed by atoms with van der Waals surface area (Å²) >= 11 is 0.702. The number of hydrogen-bond donors (Lipinski definition) is 0. The van der Waals surface area contributed by atoms with Crippen LogP contribution in [0, 0.1) is 11.3 Å². The molecule has 1 nitrogen and oxygen atoms in total. The highest BCUT2D eigenvalue weighted by molar-refractivity contribution is 7.65. The molecule has 0 N–H and O–H groups in total. The minimum Gasteiger partial charge on any atom is -0.0651 e. The summed E-state index contributed by atoms with van der Waals surface area (Å²) in [5.41, 5.74) is 0.209. The van der Waals surface area contributed by atoms with Crippen molar-refractivity contribution in [2.45, 2.75) is 34.1 Å². The molecule has 0 aliphatic carbocycles. The second-order valence-corrected chi connectivity index (χ2v) is 4.08. The van der Waals surface area contributed by atoms with Crippen molar-refractivity contribution < 1.29 is 4.21 Å². The fourth-order valence-electron chi connectivity index (χ4n) is 0.847. The zero-order valence-electron chi connectivity index (χ0n) is 7.31. The van der Waals surface area contributed by atoms with Gasteiger partial charge in [0.25, 0.3) is 0 Å². The lowest BCUT2D eigenvalue weighted by atomic mass is 9.80. The lowest BCUT2D eigenvalue weighted by Gasteiger charge is -2.23. The predicted octanol–water partition coefficient (Wildman–Crippen LogP) is 2.49. The maximum absolute atomic E-state index is 10.3. The smallest absolute Gasteiger partial charge is 0.0651 e. The molecule has 1 unspecified atom stereocenters. The Balaban J connectivity index is 3.94.